The summed E-state index contributed by atoms with van der Waals surface area (Å²) in [7, 11) is 1.42. The topological polar surface area (TPSA) is 38.3 Å². The van der Waals surface area contributed by atoms with Gasteiger partial charge < -0.3 is 10.1 Å². The molecule has 0 amide bonds. The second-order valence-corrected chi connectivity index (χ2v) is 4.72. The zero-order chi connectivity index (χ0) is 13.4. The summed E-state index contributed by atoms with van der Waals surface area (Å²) in [5.74, 6) is 0.418. The highest BCUT2D eigenvalue weighted by atomic mass is 16.5. The molecule has 1 rings (SSSR count). The normalized spacial score (nSPS) is 10.7. The molecule has 3 nitrogen and oxygen atoms in total. The van der Waals surface area contributed by atoms with Crippen LogP contribution in [-0.2, 0) is 16.0 Å². The third kappa shape index (κ3) is 5.32. The van der Waals surface area contributed by atoms with E-state index in [2.05, 4.69) is 48.2 Å². The molecule has 1 N–H and O–H groups in total. The van der Waals surface area contributed by atoms with Gasteiger partial charge in [-0.2, -0.15) is 0 Å². The van der Waals surface area contributed by atoms with Crippen LogP contribution in [-0.4, -0.2) is 26.2 Å². The van der Waals surface area contributed by atoms with Crippen molar-refractivity contribution < 1.29 is 9.53 Å². The van der Waals surface area contributed by atoms with Crippen LogP contribution in [0.1, 0.15) is 37.3 Å². The minimum absolute atomic E-state index is 0.163. The van der Waals surface area contributed by atoms with Crippen LogP contribution < -0.4 is 5.32 Å². The molecule has 100 valence electrons. The smallest absolute Gasteiger partial charge is 0.306 e. The third-order valence-electron chi connectivity index (χ3n) is 2.97. The molecule has 0 bridgehead atoms. The van der Waals surface area contributed by atoms with Crippen LogP contribution in [0.15, 0.2) is 24.3 Å². The first-order valence-corrected chi connectivity index (χ1v) is 6.50. The molecule has 0 fully saturated rings. The number of hydrogen-bond acceptors (Lipinski definition) is 3. The van der Waals surface area contributed by atoms with Crippen LogP contribution in [0, 0.1) is 0 Å². The molecule has 0 spiro atoms. The second kappa shape index (κ2) is 7.88. The zero-order valence-corrected chi connectivity index (χ0v) is 11.5. The Hall–Kier alpha value is -1.35. The Morgan fingerprint density at radius 2 is 1.89 bits per heavy atom. The van der Waals surface area contributed by atoms with E-state index in [-0.39, 0.29) is 5.97 Å². The largest absolute Gasteiger partial charge is 0.469 e. The van der Waals surface area contributed by atoms with Gasteiger partial charge in [0.1, 0.15) is 0 Å². The fraction of sp³-hybridized carbons (Fsp3) is 0.533. The highest BCUT2D eigenvalue weighted by Crippen LogP contribution is 2.14. The van der Waals surface area contributed by atoms with E-state index in [0.717, 1.165) is 13.0 Å². The van der Waals surface area contributed by atoms with Gasteiger partial charge in [-0.05, 0) is 30.0 Å². The third-order valence-corrected chi connectivity index (χ3v) is 2.97. The maximum atomic E-state index is 10.9. The van der Waals surface area contributed by atoms with E-state index in [1.54, 1.807) is 0 Å². The number of ether oxygens (including phenoxy) is 1. The molecule has 0 unspecified atom stereocenters. The predicted molar refractivity (Wildman–Crippen MR) is 73.7 cm³/mol. The molecule has 0 radical (unpaired) electrons. The van der Waals surface area contributed by atoms with Gasteiger partial charge in [-0.15, -0.1) is 0 Å². The van der Waals surface area contributed by atoms with Gasteiger partial charge in [-0.3, -0.25) is 4.79 Å². The van der Waals surface area contributed by atoms with Crippen LogP contribution >= 0.6 is 0 Å². The van der Waals surface area contributed by atoms with Crippen molar-refractivity contribution in [2.45, 2.75) is 32.6 Å². The molecule has 1 aromatic carbocycles. The van der Waals surface area contributed by atoms with E-state index in [4.69, 9.17) is 0 Å². The summed E-state index contributed by atoms with van der Waals surface area (Å²) in [5.41, 5.74) is 2.70. The van der Waals surface area contributed by atoms with E-state index in [1.807, 2.05) is 0 Å². The molecule has 0 saturated heterocycles. The molecule has 0 aromatic heterocycles. The molecule has 0 aliphatic heterocycles. The van der Waals surface area contributed by atoms with Crippen molar-refractivity contribution in [3.8, 4) is 0 Å². The molecule has 18 heavy (non-hydrogen) atoms. The van der Waals surface area contributed by atoms with Gasteiger partial charge in [0.2, 0.25) is 0 Å². The minimum Gasteiger partial charge on any atom is -0.469 e. The highest BCUT2D eigenvalue weighted by molar-refractivity contribution is 5.69. The van der Waals surface area contributed by atoms with Crippen LogP contribution in [0.4, 0.5) is 0 Å². The van der Waals surface area contributed by atoms with Crippen molar-refractivity contribution in [1.82, 2.24) is 5.32 Å². The maximum Gasteiger partial charge on any atom is 0.306 e. The zero-order valence-electron chi connectivity index (χ0n) is 11.5. The van der Waals surface area contributed by atoms with E-state index >= 15 is 0 Å². The number of benzene rings is 1. The lowest BCUT2D eigenvalue weighted by molar-refractivity contribution is -0.140. The van der Waals surface area contributed by atoms with Gasteiger partial charge in [-0.25, -0.2) is 0 Å². The number of nitrogens with one attached hydrogen (secondary N) is 1. The number of hydrogen-bond donors (Lipinski definition) is 1. The molecule has 0 saturated carbocycles. The summed E-state index contributed by atoms with van der Waals surface area (Å²) in [6, 6.07) is 8.73. The molecule has 3 heteroatoms. The summed E-state index contributed by atoms with van der Waals surface area (Å²) >= 11 is 0. The standard InChI is InChI=1S/C15H23NO2/c1-12(2)14-6-4-13(5-7-14)8-10-16-11-9-15(17)18-3/h4-7,12,16H,8-11H2,1-3H3. The van der Waals surface area contributed by atoms with Crippen molar-refractivity contribution in [1.29, 1.82) is 0 Å². The summed E-state index contributed by atoms with van der Waals surface area (Å²) in [6.45, 7) is 5.96. The first-order valence-electron chi connectivity index (χ1n) is 6.50. The number of methoxy groups -OCH3 is 1. The van der Waals surface area contributed by atoms with Crippen LogP contribution in [0.5, 0.6) is 0 Å². The van der Waals surface area contributed by atoms with Crippen molar-refractivity contribution in [2.75, 3.05) is 20.2 Å². The van der Waals surface area contributed by atoms with E-state index in [1.165, 1.54) is 18.2 Å². The maximum absolute atomic E-state index is 10.9. The fourth-order valence-corrected chi connectivity index (χ4v) is 1.72. The van der Waals surface area contributed by atoms with E-state index < -0.39 is 0 Å². The molecular weight excluding hydrogens is 226 g/mol. The summed E-state index contributed by atoms with van der Waals surface area (Å²) in [4.78, 5) is 10.9. The van der Waals surface area contributed by atoms with Crippen molar-refractivity contribution >= 4 is 5.97 Å². The Labute approximate surface area is 110 Å². The van der Waals surface area contributed by atoms with Crippen molar-refractivity contribution in [2.24, 2.45) is 0 Å². The van der Waals surface area contributed by atoms with Gasteiger partial charge in [0, 0.05) is 6.54 Å². The minimum atomic E-state index is -0.163. The lowest BCUT2D eigenvalue weighted by atomic mass is 10.0. The fourth-order valence-electron chi connectivity index (χ4n) is 1.72. The summed E-state index contributed by atoms with van der Waals surface area (Å²) < 4.78 is 4.57. The first kappa shape index (κ1) is 14.7. The molecule has 0 heterocycles. The Bertz CT molecular complexity index is 357. The Kier molecular flexibility index (Phi) is 6.44. The first-order chi connectivity index (χ1) is 8.63. The predicted octanol–water partition coefficient (Wildman–Crippen LogP) is 2.51. The van der Waals surface area contributed by atoms with Gasteiger partial charge >= 0.3 is 5.97 Å². The quantitative estimate of drug-likeness (QED) is 0.596. The number of carbonyl (C=O) groups excluding carboxylic acids is 1. The molecule has 0 atom stereocenters. The van der Waals surface area contributed by atoms with Gasteiger partial charge in [0.25, 0.3) is 0 Å². The average molecular weight is 249 g/mol. The number of carbonyl (C=O) groups is 1. The number of rotatable bonds is 7. The van der Waals surface area contributed by atoms with Crippen LogP contribution in [0.25, 0.3) is 0 Å². The van der Waals surface area contributed by atoms with Crippen molar-refractivity contribution in [3.05, 3.63) is 35.4 Å². The van der Waals surface area contributed by atoms with E-state index in [0.29, 0.717) is 18.9 Å². The summed E-state index contributed by atoms with van der Waals surface area (Å²) in [5, 5.41) is 3.24. The number of esters is 1. The lowest BCUT2D eigenvalue weighted by Gasteiger charge is -2.07. The molecule has 0 aliphatic carbocycles. The SMILES string of the molecule is COC(=O)CCNCCc1ccc(C(C)C)cc1. The van der Waals surface area contributed by atoms with Gasteiger partial charge in [0.05, 0.1) is 13.5 Å². The van der Waals surface area contributed by atoms with E-state index in [9.17, 15) is 4.79 Å². The Morgan fingerprint density at radius 1 is 1.22 bits per heavy atom. The summed E-state index contributed by atoms with van der Waals surface area (Å²) in [6.07, 6.45) is 1.42. The van der Waals surface area contributed by atoms with Crippen molar-refractivity contribution in [3.63, 3.8) is 0 Å². The average Bonchev–Trinajstić information content (AvgIpc) is 2.38. The van der Waals surface area contributed by atoms with Gasteiger partial charge in [-0.1, -0.05) is 38.1 Å². The molecular formula is C15H23NO2. The monoisotopic (exact) mass is 249 g/mol. The Morgan fingerprint density at radius 3 is 2.44 bits per heavy atom. The lowest BCUT2D eigenvalue weighted by Crippen LogP contribution is -2.21. The molecule has 0 aliphatic rings. The molecule has 1 aromatic rings. The van der Waals surface area contributed by atoms with Crippen LogP contribution in [0.2, 0.25) is 0 Å². The highest BCUT2D eigenvalue weighted by Gasteiger charge is 2.00. The van der Waals surface area contributed by atoms with Crippen LogP contribution in [0.3, 0.4) is 0 Å². The van der Waals surface area contributed by atoms with Gasteiger partial charge in [0.15, 0.2) is 0 Å². The second-order valence-electron chi connectivity index (χ2n) is 4.72. The Balaban J connectivity index is 2.21.